The Morgan fingerprint density at radius 1 is 1.00 bits per heavy atom. The van der Waals surface area contributed by atoms with Crippen LogP contribution in [0.2, 0.25) is 0 Å². The molecule has 0 aromatic heterocycles. The van der Waals surface area contributed by atoms with Crippen molar-refractivity contribution in [2.24, 2.45) is 47.0 Å². The molecule has 3 unspecified atom stereocenters. The molecule has 0 aliphatic heterocycles. The molecule has 4 fully saturated rings. The fraction of sp³-hybridized carbons (Fsp3) is 0.929. The van der Waals surface area contributed by atoms with E-state index in [1.165, 1.54) is 30.1 Å². The fourth-order valence-electron chi connectivity index (χ4n) is 5.89. The Morgan fingerprint density at radius 3 is 2.37 bits per heavy atom. The number of rotatable bonds is 2. The molecule has 4 saturated carbocycles. The minimum atomic E-state index is 0.232. The second-order valence-corrected chi connectivity index (χ2v) is 9.59. The van der Waals surface area contributed by atoms with Gasteiger partial charge in [-0.1, -0.05) is 10.8 Å². The summed E-state index contributed by atoms with van der Waals surface area (Å²) in [5.74, 6) is 4.73. The van der Waals surface area contributed by atoms with Gasteiger partial charge in [0.25, 0.3) is 0 Å². The quantitative estimate of drug-likeness (QED) is 0.601. The molecular formula is C14H22N2OS2. The third kappa shape index (κ3) is 1.71. The Bertz CT molecular complexity index is 418. The molecule has 0 aromatic carbocycles. The first-order valence-corrected chi connectivity index (χ1v) is 9.64. The van der Waals surface area contributed by atoms with Crippen molar-refractivity contribution in [3.05, 3.63) is 0 Å². The van der Waals surface area contributed by atoms with Crippen LogP contribution in [0.1, 0.15) is 26.2 Å². The zero-order valence-electron chi connectivity index (χ0n) is 11.2. The van der Waals surface area contributed by atoms with Crippen LogP contribution in [0.25, 0.3) is 0 Å². The van der Waals surface area contributed by atoms with Gasteiger partial charge in [-0.2, -0.15) is 0 Å². The molecule has 3 nitrogen and oxygen atoms in total. The van der Waals surface area contributed by atoms with Gasteiger partial charge in [-0.15, -0.1) is 0 Å². The summed E-state index contributed by atoms with van der Waals surface area (Å²) >= 11 is 0. The summed E-state index contributed by atoms with van der Waals surface area (Å²) in [6.07, 6.45) is 3.96. The van der Waals surface area contributed by atoms with Gasteiger partial charge in [-0.3, -0.25) is 4.79 Å². The van der Waals surface area contributed by atoms with Crippen LogP contribution in [-0.2, 0) is 4.79 Å². The van der Waals surface area contributed by atoms with Gasteiger partial charge >= 0.3 is 0 Å². The summed E-state index contributed by atoms with van der Waals surface area (Å²) < 4.78 is 0. The zero-order valence-corrected chi connectivity index (χ0v) is 12.8. The Balaban J connectivity index is 1.52. The molecule has 0 spiro atoms. The van der Waals surface area contributed by atoms with Crippen molar-refractivity contribution >= 4 is 26.7 Å². The average Bonchev–Trinajstić information content (AvgIpc) is 3.07. The molecule has 19 heavy (non-hydrogen) atoms. The van der Waals surface area contributed by atoms with Crippen LogP contribution >= 0.6 is 21.6 Å². The maximum absolute atomic E-state index is 11.2. The molecule has 0 radical (unpaired) electrons. The molecular weight excluding hydrogens is 276 g/mol. The second-order valence-electron chi connectivity index (χ2n) is 6.98. The number of carbonyl (C=O) groups excluding carboxylic acids is 1. The summed E-state index contributed by atoms with van der Waals surface area (Å²) in [4.78, 5) is 11.2. The number of nitrogens with two attached hydrogens (primary N) is 2. The third-order valence-corrected chi connectivity index (χ3v) is 9.18. The van der Waals surface area contributed by atoms with Crippen molar-refractivity contribution in [2.45, 2.75) is 43.5 Å². The Labute approximate surface area is 122 Å². The topological polar surface area (TPSA) is 69.1 Å². The molecule has 5 heteroatoms. The molecule has 4 aliphatic rings. The van der Waals surface area contributed by atoms with Crippen molar-refractivity contribution in [2.75, 3.05) is 0 Å². The first-order chi connectivity index (χ1) is 9.08. The normalized spacial score (nSPS) is 57.7. The van der Waals surface area contributed by atoms with E-state index in [1.54, 1.807) is 6.92 Å². The Morgan fingerprint density at radius 2 is 1.68 bits per heavy atom. The number of hydrogen-bond acceptors (Lipinski definition) is 5. The number of fused-ring (bicyclic) bond motifs is 9. The maximum Gasteiger partial charge on any atom is 0.196 e. The summed E-state index contributed by atoms with van der Waals surface area (Å²) in [6, 6.07) is 0.486. The van der Waals surface area contributed by atoms with Crippen LogP contribution < -0.4 is 11.5 Å². The van der Waals surface area contributed by atoms with Gasteiger partial charge in [0.05, 0.1) is 0 Å². The van der Waals surface area contributed by atoms with Gasteiger partial charge in [-0.05, 0) is 65.6 Å². The lowest BCUT2D eigenvalue weighted by atomic mass is 9.68. The van der Waals surface area contributed by atoms with Gasteiger partial charge in [0.2, 0.25) is 0 Å². The predicted molar refractivity (Wildman–Crippen MR) is 80.4 cm³/mol. The van der Waals surface area contributed by atoms with Gasteiger partial charge in [0.15, 0.2) is 5.12 Å². The highest BCUT2D eigenvalue weighted by Crippen LogP contribution is 2.68. The lowest BCUT2D eigenvalue weighted by Crippen LogP contribution is -2.53. The number of hydrogen-bond donors (Lipinski definition) is 2. The SMILES string of the molecule is CC(=O)SS[C@H]1C[C@H]2CC1[C@H]1[C@@H]2[C@H]2C[C@@H]1C(N)C2N. The van der Waals surface area contributed by atoms with E-state index in [0.29, 0.717) is 17.1 Å². The second kappa shape index (κ2) is 4.39. The van der Waals surface area contributed by atoms with E-state index >= 15 is 0 Å². The molecule has 9 atom stereocenters. The molecule has 0 heterocycles. The molecule has 4 bridgehead atoms. The molecule has 0 amide bonds. The van der Waals surface area contributed by atoms with Crippen LogP contribution in [-0.4, -0.2) is 22.4 Å². The smallest absolute Gasteiger partial charge is 0.196 e. The van der Waals surface area contributed by atoms with Crippen molar-refractivity contribution in [3.8, 4) is 0 Å². The minimum absolute atomic E-state index is 0.232. The Hall–Kier alpha value is 0.290. The summed E-state index contributed by atoms with van der Waals surface area (Å²) in [7, 11) is 3.27. The average molecular weight is 298 g/mol. The van der Waals surface area contributed by atoms with E-state index < -0.39 is 0 Å². The van der Waals surface area contributed by atoms with Crippen LogP contribution in [0.15, 0.2) is 0 Å². The van der Waals surface area contributed by atoms with Crippen LogP contribution in [0.3, 0.4) is 0 Å². The lowest BCUT2D eigenvalue weighted by Gasteiger charge is -2.42. The molecule has 4 rings (SSSR count). The highest BCUT2D eigenvalue weighted by molar-refractivity contribution is 8.82. The van der Waals surface area contributed by atoms with Crippen molar-refractivity contribution in [1.82, 2.24) is 0 Å². The van der Waals surface area contributed by atoms with Crippen LogP contribution in [0.5, 0.6) is 0 Å². The van der Waals surface area contributed by atoms with Crippen molar-refractivity contribution < 1.29 is 4.79 Å². The van der Waals surface area contributed by atoms with Crippen LogP contribution in [0, 0.1) is 35.5 Å². The van der Waals surface area contributed by atoms with Crippen LogP contribution in [0.4, 0.5) is 0 Å². The first-order valence-electron chi connectivity index (χ1n) is 7.43. The van der Waals surface area contributed by atoms with Crippen molar-refractivity contribution in [1.29, 1.82) is 0 Å². The van der Waals surface area contributed by atoms with E-state index in [0.717, 1.165) is 23.7 Å². The van der Waals surface area contributed by atoms with Gasteiger partial charge < -0.3 is 11.5 Å². The van der Waals surface area contributed by atoms with E-state index in [-0.39, 0.29) is 17.2 Å². The summed E-state index contributed by atoms with van der Waals surface area (Å²) in [6.45, 7) is 1.67. The van der Waals surface area contributed by atoms with E-state index in [1.807, 2.05) is 10.8 Å². The molecule has 4 N–H and O–H groups in total. The zero-order chi connectivity index (χ0) is 13.3. The van der Waals surface area contributed by atoms with Gasteiger partial charge in [0.1, 0.15) is 0 Å². The third-order valence-electron chi connectivity index (χ3n) is 6.33. The predicted octanol–water partition coefficient (Wildman–Crippen LogP) is 1.86. The monoisotopic (exact) mass is 298 g/mol. The largest absolute Gasteiger partial charge is 0.326 e. The summed E-state index contributed by atoms with van der Waals surface area (Å²) in [5.41, 5.74) is 12.6. The fourth-order valence-corrected chi connectivity index (χ4v) is 8.36. The lowest BCUT2D eigenvalue weighted by molar-refractivity contribution is -0.109. The van der Waals surface area contributed by atoms with E-state index in [2.05, 4.69) is 0 Å². The summed E-state index contributed by atoms with van der Waals surface area (Å²) in [5, 5.41) is 0.916. The van der Waals surface area contributed by atoms with Crippen molar-refractivity contribution in [3.63, 3.8) is 0 Å². The molecule has 0 saturated heterocycles. The minimum Gasteiger partial charge on any atom is -0.326 e. The van der Waals surface area contributed by atoms with Gasteiger partial charge in [0, 0.05) is 24.3 Å². The van der Waals surface area contributed by atoms with Gasteiger partial charge in [-0.25, -0.2) is 0 Å². The molecule has 106 valence electrons. The van der Waals surface area contributed by atoms with E-state index in [4.69, 9.17) is 11.5 Å². The highest BCUT2D eigenvalue weighted by atomic mass is 33.1. The first kappa shape index (κ1) is 13.0. The maximum atomic E-state index is 11.2. The number of carbonyl (C=O) groups is 1. The standard InChI is InChI=1S/C14H22N2OS2/c1-5(17)18-19-10-3-6-2-7(10)12-9-4-8(11(6)12)13(15)14(9)16/h6-14H,2-4,15-16H2,1H3/t6-,7?,8-,9+,10+,11+,12-,13?,14?/m1/s1. The molecule has 4 aliphatic carbocycles. The Kier molecular flexibility index (Phi) is 3.00. The van der Waals surface area contributed by atoms with E-state index in [9.17, 15) is 4.79 Å². The molecule has 0 aromatic rings. The highest BCUT2D eigenvalue weighted by Gasteiger charge is 2.66.